The van der Waals surface area contributed by atoms with Crippen LogP contribution in [0.3, 0.4) is 0 Å². The van der Waals surface area contributed by atoms with E-state index >= 15 is 0 Å². The summed E-state index contributed by atoms with van der Waals surface area (Å²) in [6.07, 6.45) is 4.58. The van der Waals surface area contributed by atoms with Crippen LogP contribution in [0.2, 0.25) is 0 Å². The Bertz CT molecular complexity index is 1200. The van der Waals surface area contributed by atoms with Crippen molar-refractivity contribution in [2.75, 3.05) is 10.6 Å². The predicted molar refractivity (Wildman–Crippen MR) is 128 cm³/mol. The van der Waals surface area contributed by atoms with Crippen LogP contribution in [-0.2, 0) is 9.59 Å². The summed E-state index contributed by atoms with van der Waals surface area (Å²) in [5.41, 5.74) is 2.12. The van der Waals surface area contributed by atoms with Crippen molar-refractivity contribution in [1.29, 1.82) is 0 Å². The molecule has 3 N–H and O–H groups in total. The number of anilines is 2. The molecule has 0 saturated heterocycles. The van der Waals surface area contributed by atoms with Crippen LogP contribution < -0.4 is 10.6 Å². The molecule has 4 rings (SSSR count). The maximum absolute atomic E-state index is 13.1. The maximum Gasteiger partial charge on any atom is 0.335 e. The average Bonchev–Trinajstić information content (AvgIpc) is 3.04. The van der Waals surface area contributed by atoms with Gasteiger partial charge in [-0.05, 0) is 61.7 Å². The Balaban J connectivity index is 1.51. The van der Waals surface area contributed by atoms with Crippen molar-refractivity contribution in [2.45, 2.75) is 45.1 Å². The third-order valence-electron chi connectivity index (χ3n) is 6.15. The van der Waals surface area contributed by atoms with E-state index in [9.17, 15) is 19.2 Å². The van der Waals surface area contributed by atoms with Gasteiger partial charge in [-0.2, -0.15) is 0 Å². The van der Waals surface area contributed by atoms with Crippen molar-refractivity contribution in [2.24, 2.45) is 0 Å². The van der Waals surface area contributed by atoms with E-state index in [0.717, 1.165) is 37.7 Å². The highest BCUT2D eigenvalue weighted by atomic mass is 35.5. The number of carbonyl (C=O) groups is 4. The van der Waals surface area contributed by atoms with E-state index < -0.39 is 23.7 Å². The Morgan fingerprint density at radius 2 is 1.62 bits per heavy atom. The molecule has 0 unspecified atom stereocenters. The number of carboxylic acid groups (broad SMARTS) is 1. The summed E-state index contributed by atoms with van der Waals surface area (Å²) in [6, 6.07) is 10.6. The first-order valence-corrected chi connectivity index (χ1v) is 11.4. The summed E-state index contributed by atoms with van der Waals surface area (Å²) in [5, 5.41) is 14.5. The van der Waals surface area contributed by atoms with Gasteiger partial charge in [0.25, 0.3) is 17.7 Å². The molecular weight excluding hydrogens is 458 g/mol. The van der Waals surface area contributed by atoms with Gasteiger partial charge in [0.05, 0.1) is 5.56 Å². The van der Waals surface area contributed by atoms with E-state index in [-0.39, 0.29) is 22.3 Å². The minimum Gasteiger partial charge on any atom is -0.478 e. The molecule has 0 bridgehead atoms. The summed E-state index contributed by atoms with van der Waals surface area (Å²) < 4.78 is 0. The van der Waals surface area contributed by atoms with E-state index in [1.54, 1.807) is 18.2 Å². The highest BCUT2D eigenvalue weighted by molar-refractivity contribution is 6.48. The fourth-order valence-corrected chi connectivity index (χ4v) is 4.45. The minimum absolute atomic E-state index is 0.0159. The molecule has 1 fully saturated rings. The first-order valence-electron chi connectivity index (χ1n) is 11.1. The molecule has 1 aliphatic heterocycles. The van der Waals surface area contributed by atoms with Crippen molar-refractivity contribution in [3.8, 4) is 0 Å². The fraction of sp³-hybridized carbons (Fsp3) is 0.280. The molecule has 0 spiro atoms. The monoisotopic (exact) mass is 481 g/mol. The fourth-order valence-electron chi connectivity index (χ4n) is 4.23. The van der Waals surface area contributed by atoms with E-state index in [4.69, 9.17) is 16.7 Å². The lowest BCUT2D eigenvalue weighted by molar-refractivity contribution is -0.140. The van der Waals surface area contributed by atoms with E-state index in [1.165, 1.54) is 29.2 Å². The minimum atomic E-state index is -1.05. The molecule has 2 aromatic rings. The SMILES string of the molecule is Cc1ccc(C(=O)Nc2ccc(C(=O)O)cc2)cc1NC1=C(Cl)C(=O)N(C2CCCCC2)C1=O. The highest BCUT2D eigenvalue weighted by Gasteiger charge is 2.42. The molecule has 0 radical (unpaired) electrons. The molecule has 3 amide bonds. The number of halogens is 1. The Kier molecular flexibility index (Phi) is 6.70. The molecule has 2 aliphatic rings. The van der Waals surface area contributed by atoms with Crippen LogP contribution in [0.15, 0.2) is 53.2 Å². The largest absolute Gasteiger partial charge is 0.478 e. The summed E-state index contributed by atoms with van der Waals surface area (Å²) >= 11 is 6.27. The molecule has 1 saturated carbocycles. The molecular formula is C25H24ClN3O5. The van der Waals surface area contributed by atoms with Gasteiger partial charge >= 0.3 is 5.97 Å². The number of aryl methyl sites for hydroxylation is 1. The van der Waals surface area contributed by atoms with Crippen LogP contribution in [-0.4, -0.2) is 39.7 Å². The van der Waals surface area contributed by atoms with Crippen molar-refractivity contribution < 1.29 is 24.3 Å². The number of carboxylic acids is 1. The van der Waals surface area contributed by atoms with Gasteiger partial charge in [-0.15, -0.1) is 0 Å². The number of carbonyl (C=O) groups excluding carboxylic acids is 3. The number of hydrogen-bond acceptors (Lipinski definition) is 5. The Morgan fingerprint density at radius 1 is 0.971 bits per heavy atom. The zero-order valence-electron chi connectivity index (χ0n) is 18.6. The zero-order chi connectivity index (χ0) is 24.4. The smallest absolute Gasteiger partial charge is 0.335 e. The second-order valence-corrected chi connectivity index (χ2v) is 8.83. The van der Waals surface area contributed by atoms with Crippen LogP contribution in [0.4, 0.5) is 11.4 Å². The number of imide groups is 1. The van der Waals surface area contributed by atoms with Crippen molar-refractivity contribution in [1.82, 2.24) is 4.90 Å². The van der Waals surface area contributed by atoms with Crippen molar-refractivity contribution in [3.05, 3.63) is 69.9 Å². The Morgan fingerprint density at radius 3 is 2.26 bits per heavy atom. The topological polar surface area (TPSA) is 116 Å². The quantitative estimate of drug-likeness (QED) is 0.523. The number of nitrogens with zero attached hydrogens (tertiary/aromatic N) is 1. The van der Waals surface area contributed by atoms with E-state index in [2.05, 4.69) is 10.6 Å². The first-order chi connectivity index (χ1) is 16.3. The summed E-state index contributed by atoms with van der Waals surface area (Å²) in [7, 11) is 0. The predicted octanol–water partition coefficient (Wildman–Crippen LogP) is 4.51. The standard InChI is InChI=1S/C25H24ClN3O5/c1-14-7-8-16(22(30)27-17-11-9-15(10-12-17)25(33)34)13-19(14)28-21-20(26)23(31)29(24(21)32)18-5-3-2-4-6-18/h7-13,18,28H,2-6H2,1H3,(H,27,30)(H,33,34). The van der Waals surface area contributed by atoms with Crippen LogP contribution in [0.1, 0.15) is 58.4 Å². The number of amides is 3. The first kappa shape index (κ1) is 23.5. The molecule has 1 heterocycles. The van der Waals surface area contributed by atoms with Crippen LogP contribution >= 0.6 is 11.6 Å². The van der Waals surface area contributed by atoms with Gasteiger partial charge in [-0.1, -0.05) is 36.9 Å². The number of benzene rings is 2. The van der Waals surface area contributed by atoms with Gasteiger partial charge < -0.3 is 15.7 Å². The van der Waals surface area contributed by atoms with E-state index in [0.29, 0.717) is 16.9 Å². The van der Waals surface area contributed by atoms with Crippen molar-refractivity contribution in [3.63, 3.8) is 0 Å². The molecule has 176 valence electrons. The molecule has 9 heteroatoms. The van der Waals surface area contributed by atoms with Gasteiger partial charge in [0.2, 0.25) is 0 Å². The van der Waals surface area contributed by atoms with Gasteiger partial charge in [-0.25, -0.2) is 4.79 Å². The average molecular weight is 482 g/mol. The molecule has 1 aliphatic carbocycles. The second kappa shape index (κ2) is 9.69. The third kappa shape index (κ3) is 4.68. The molecule has 0 atom stereocenters. The summed E-state index contributed by atoms with van der Waals surface area (Å²) in [6.45, 7) is 1.81. The lowest BCUT2D eigenvalue weighted by Crippen LogP contribution is -2.42. The Labute approximate surface area is 201 Å². The summed E-state index contributed by atoms with van der Waals surface area (Å²) in [4.78, 5) is 50.8. The highest BCUT2D eigenvalue weighted by Crippen LogP contribution is 2.33. The van der Waals surface area contributed by atoms with Crippen LogP contribution in [0.25, 0.3) is 0 Å². The maximum atomic E-state index is 13.1. The normalized spacial score (nSPS) is 16.7. The molecule has 34 heavy (non-hydrogen) atoms. The lowest BCUT2D eigenvalue weighted by Gasteiger charge is -2.29. The molecule has 0 aromatic heterocycles. The lowest BCUT2D eigenvalue weighted by atomic mass is 9.94. The van der Waals surface area contributed by atoms with Gasteiger partial charge in [0, 0.05) is 23.0 Å². The van der Waals surface area contributed by atoms with Gasteiger partial charge in [-0.3, -0.25) is 19.3 Å². The Hall–Kier alpha value is -3.65. The second-order valence-electron chi connectivity index (χ2n) is 8.45. The number of hydrogen-bond donors (Lipinski definition) is 3. The van der Waals surface area contributed by atoms with Crippen LogP contribution in [0.5, 0.6) is 0 Å². The third-order valence-corrected chi connectivity index (χ3v) is 6.50. The summed E-state index contributed by atoms with van der Waals surface area (Å²) in [5.74, 6) is -2.40. The number of nitrogens with one attached hydrogen (secondary N) is 2. The van der Waals surface area contributed by atoms with E-state index in [1.807, 2.05) is 6.92 Å². The van der Waals surface area contributed by atoms with Gasteiger partial charge in [0.1, 0.15) is 10.7 Å². The van der Waals surface area contributed by atoms with Crippen LogP contribution in [0, 0.1) is 6.92 Å². The molecule has 8 nitrogen and oxygen atoms in total. The number of rotatable bonds is 6. The van der Waals surface area contributed by atoms with Crippen molar-refractivity contribution >= 4 is 46.7 Å². The number of aromatic carboxylic acids is 1. The zero-order valence-corrected chi connectivity index (χ0v) is 19.3. The molecule has 2 aromatic carbocycles. The van der Waals surface area contributed by atoms with Gasteiger partial charge in [0.15, 0.2) is 0 Å².